The lowest BCUT2D eigenvalue weighted by atomic mass is 9.99. The number of rotatable bonds is 70. The Morgan fingerprint density at radius 3 is 0.835 bits per heavy atom. The second-order valence-corrected chi connectivity index (χ2v) is 30.1. The zero-order valence-corrected chi connectivity index (χ0v) is 61.1. The lowest BCUT2D eigenvalue weighted by molar-refractivity contribution is -0.161. The van der Waals surface area contributed by atoms with E-state index in [0.717, 1.165) is 108 Å². The van der Waals surface area contributed by atoms with Gasteiger partial charge >= 0.3 is 39.5 Å². The van der Waals surface area contributed by atoms with Gasteiger partial charge in [-0.15, -0.1) is 0 Å². The number of phosphoric ester groups is 2. The molecular formula is C72H140O17P2. The molecule has 3 unspecified atom stereocenters. The Hall–Kier alpha value is -1.94. The lowest BCUT2D eigenvalue weighted by Gasteiger charge is -2.21. The van der Waals surface area contributed by atoms with Crippen molar-refractivity contribution in [3.63, 3.8) is 0 Å². The first-order valence-corrected chi connectivity index (χ1v) is 40.4. The Bertz CT molecular complexity index is 1790. The fourth-order valence-corrected chi connectivity index (χ4v) is 12.4. The quantitative estimate of drug-likeness (QED) is 0.0222. The number of aliphatic hydroxyl groups excluding tert-OH is 1. The van der Waals surface area contributed by atoms with E-state index in [1.807, 2.05) is 0 Å². The minimum atomic E-state index is -4.95. The molecule has 17 nitrogen and oxygen atoms in total. The van der Waals surface area contributed by atoms with Crippen molar-refractivity contribution in [3.05, 3.63) is 0 Å². The van der Waals surface area contributed by atoms with Crippen LogP contribution >= 0.6 is 15.6 Å². The molecule has 0 aliphatic heterocycles. The molecule has 0 radical (unpaired) electrons. The maximum Gasteiger partial charge on any atom is 0.472 e. The van der Waals surface area contributed by atoms with Crippen molar-refractivity contribution in [2.75, 3.05) is 39.6 Å². The van der Waals surface area contributed by atoms with Crippen LogP contribution in [0.5, 0.6) is 0 Å². The highest BCUT2D eigenvalue weighted by atomic mass is 31.2. The van der Waals surface area contributed by atoms with Crippen molar-refractivity contribution >= 4 is 39.5 Å². The predicted molar refractivity (Wildman–Crippen MR) is 368 cm³/mol. The summed E-state index contributed by atoms with van der Waals surface area (Å²) in [4.78, 5) is 72.7. The average molecular weight is 1340 g/mol. The number of carbonyl (C=O) groups excluding carboxylic acids is 4. The van der Waals surface area contributed by atoms with Crippen LogP contribution in [0.4, 0.5) is 0 Å². The predicted octanol–water partition coefficient (Wildman–Crippen LogP) is 20.6. The summed E-state index contributed by atoms with van der Waals surface area (Å²) >= 11 is 0. The number of unbranched alkanes of at least 4 members (excludes halogenated alkanes) is 37. The van der Waals surface area contributed by atoms with E-state index in [1.54, 1.807) is 0 Å². The van der Waals surface area contributed by atoms with E-state index >= 15 is 0 Å². The summed E-state index contributed by atoms with van der Waals surface area (Å²) in [7, 11) is -9.91. The van der Waals surface area contributed by atoms with Crippen LogP contribution in [0.3, 0.4) is 0 Å². The molecule has 0 aromatic carbocycles. The van der Waals surface area contributed by atoms with Gasteiger partial charge in [-0.3, -0.25) is 37.3 Å². The summed E-state index contributed by atoms with van der Waals surface area (Å²) in [5.74, 6) is 0.179. The smallest absolute Gasteiger partial charge is 0.462 e. The molecule has 3 N–H and O–H groups in total. The topological polar surface area (TPSA) is 237 Å². The van der Waals surface area contributed by atoms with Crippen molar-refractivity contribution in [1.29, 1.82) is 0 Å². The van der Waals surface area contributed by atoms with Crippen molar-refractivity contribution < 1.29 is 80.2 Å². The van der Waals surface area contributed by atoms with E-state index in [9.17, 15) is 43.2 Å². The van der Waals surface area contributed by atoms with E-state index in [-0.39, 0.29) is 25.7 Å². The van der Waals surface area contributed by atoms with Crippen LogP contribution in [0.2, 0.25) is 0 Å². The molecule has 0 bridgehead atoms. The van der Waals surface area contributed by atoms with Gasteiger partial charge in [0, 0.05) is 25.7 Å². The minimum Gasteiger partial charge on any atom is -0.462 e. The number of phosphoric acid groups is 2. The normalized spacial score (nSPS) is 14.5. The van der Waals surface area contributed by atoms with Crippen LogP contribution in [-0.2, 0) is 65.4 Å². The van der Waals surface area contributed by atoms with Crippen molar-refractivity contribution in [3.8, 4) is 0 Å². The van der Waals surface area contributed by atoms with Gasteiger partial charge in [0.25, 0.3) is 0 Å². The second-order valence-electron chi connectivity index (χ2n) is 27.2. The van der Waals surface area contributed by atoms with Crippen LogP contribution < -0.4 is 0 Å². The van der Waals surface area contributed by atoms with E-state index < -0.39 is 97.5 Å². The fourth-order valence-electron chi connectivity index (χ4n) is 10.9. The van der Waals surface area contributed by atoms with Gasteiger partial charge in [-0.2, -0.15) is 0 Å². The third-order valence-electron chi connectivity index (χ3n) is 17.0. The standard InChI is InChI=1S/C72H140O17P2/c1-8-10-11-12-13-14-15-18-25-34-41-48-55-71(76)89-68(60-83-70(75)54-47-40-33-28-27-30-37-44-51-64(5)6)62-87-91(80,81)85-58-66(73)57-84-90(78,79)86-61-67(88-72(77)56-49-42-35-26-19-16-17-22-29-36-43-50-63(3)4)59-82-69(74)53-46-39-32-24-21-20-23-31-38-45-52-65(7)9-2/h63-68,73H,8-62H2,1-7H3,(H,78,79)(H,80,81)/t65?,66-,67-,68-/m1/s1. The van der Waals surface area contributed by atoms with Crippen LogP contribution in [0.25, 0.3) is 0 Å². The van der Waals surface area contributed by atoms with Gasteiger partial charge in [0.2, 0.25) is 0 Å². The third kappa shape index (κ3) is 65.1. The monoisotopic (exact) mass is 1340 g/mol. The summed E-state index contributed by atoms with van der Waals surface area (Å²) in [6, 6.07) is 0. The maximum atomic E-state index is 13.0. The zero-order valence-electron chi connectivity index (χ0n) is 59.3. The second kappa shape index (κ2) is 62.8. The molecule has 0 aliphatic rings. The molecule has 0 amide bonds. The summed E-state index contributed by atoms with van der Waals surface area (Å²) in [6.45, 7) is 11.9. The van der Waals surface area contributed by atoms with Gasteiger partial charge in [-0.05, 0) is 43.4 Å². The van der Waals surface area contributed by atoms with Gasteiger partial charge in [0.1, 0.15) is 19.3 Å². The van der Waals surface area contributed by atoms with Crippen LogP contribution in [-0.4, -0.2) is 96.7 Å². The number of hydrogen-bond acceptors (Lipinski definition) is 15. The van der Waals surface area contributed by atoms with E-state index in [4.69, 9.17) is 37.0 Å². The average Bonchev–Trinajstić information content (AvgIpc) is 2.82. The summed E-state index contributed by atoms with van der Waals surface area (Å²) in [6.07, 6.45) is 47.0. The number of aliphatic hydroxyl groups is 1. The van der Waals surface area contributed by atoms with Crippen LogP contribution in [0.1, 0.15) is 363 Å². The Labute approximate surface area is 556 Å². The highest BCUT2D eigenvalue weighted by Crippen LogP contribution is 2.45. The zero-order chi connectivity index (χ0) is 67.3. The minimum absolute atomic E-state index is 0.106. The van der Waals surface area contributed by atoms with E-state index in [0.29, 0.717) is 25.7 Å². The molecule has 91 heavy (non-hydrogen) atoms. The van der Waals surface area contributed by atoms with Gasteiger partial charge < -0.3 is 33.8 Å². The molecule has 0 heterocycles. The van der Waals surface area contributed by atoms with E-state index in [1.165, 1.54) is 173 Å². The summed E-state index contributed by atoms with van der Waals surface area (Å²) < 4.78 is 68.4. The van der Waals surface area contributed by atoms with Crippen molar-refractivity contribution in [2.24, 2.45) is 17.8 Å². The third-order valence-corrected chi connectivity index (χ3v) is 18.9. The number of carbonyl (C=O) groups is 4. The number of esters is 4. The highest BCUT2D eigenvalue weighted by Gasteiger charge is 2.30. The Morgan fingerprint density at radius 1 is 0.319 bits per heavy atom. The molecule has 0 saturated heterocycles. The fraction of sp³-hybridized carbons (Fsp3) is 0.944. The number of hydrogen-bond donors (Lipinski definition) is 3. The molecule has 0 rings (SSSR count). The van der Waals surface area contributed by atoms with Crippen molar-refractivity contribution in [1.82, 2.24) is 0 Å². The molecule has 0 aliphatic carbocycles. The van der Waals surface area contributed by atoms with E-state index in [2.05, 4.69) is 48.5 Å². The Kier molecular flexibility index (Phi) is 61.5. The van der Waals surface area contributed by atoms with Gasteiger partial charge in [0.05, 0.1) is 26.4 Å². The molecule has 0 aromatic rings. The van der Waals surface area contributed by atoms with Crippen LogP contribution in [0, 0.1) is 17.8 Å². The SMILES string of the molecule is CCCCCCCCCCCCCCC(=O)O[C@H](COC(=O)CCCCCCCCCCC(C)C)COP(=O)(O)OC[C@H](O)COP(=O)(O)OC[C@@H](COC(=O)CCCCCCCCCCCCC(C)CC)OC(=O)CCCCCCCCCCCCCC(C)C. The lowest BCUT2D eigenvalue weighted by Crippen LogP contribution is -2.30. The number of ether oxygens (including phenoxy) is 4. The largest absolute Gasteiger partial charge is 0.472 e. The van der Waals surface area contributed by atoms with Crippen molar-refractivity contribution in [2.45, 2.75) is 381 Å². The Balaban J connectivity index is 5.27. The maximum absolute atomic E-state index is 13.0. The molecular weight excluding hydrogens is 1200 g/mol. The van der Waals surface area contributed by atoms with Crippen LogP contribution in [0.15, 0.2) is 0 Å². The first-order chi connectivity index (χ1) is 43.8. The summed E-state index contributed by atoms with van der Waals surface area (Å²) in [5, 5.41) is 10.6. The molecule has 0 saturated carbocycles. The molecule has 0 aromatic heterocycles. The molecule has 0 fully saturated rings. The van der Waals surface area contributed by atoms with Gasteiger partial charge in [-0.25, -0.2) is 9.13 Å². The van der Waals surface area contributed by atoms with Gasteiger partial charge in [-0.1, -0.05) is 312 Å². The highest BCUT2D eigenvalue weighted by molar-refractivity contribution is 7.47. The molecule has 19 heteroatoms. The molecule has 540 valence electrons. The molecule has 0 spiro atoms. The molecule has 6 atom stereocenters. The Morgan fingerprint density at radius 2 is 0.560 bits per heavy atom. The first kappa shape index (κ1) is 89.1. The summed E-state index contributed by atoms with van der Waals surface area (Å²) in [5.41, 5.74) is 0. The van der Waals surface area contributed by atoms with Gasteiger partial charge in [0.15, 0.2) is 12.2 Å². The first-order valence-electron chi connectivity index (χ1n) is 37.4.